The Kier molecular flexibility index (Phi) is 6.28. The third-order valence-corrected chi connectivity index (χ3v) is 5.76. The summed E-state index contributed by atoms with van der Waals surface area (Å²) in [6.07, 6.45) is 3.66. The Morgan fingerprint density at radius 2 is 1.65 bits per heavy atom. The van der Waals surface area contributed by atoms with Gasteiger partial charge in [0.2, 0.25) is 0 Å². The molecule has 0 aliphatic carbocycles. The van der Waals surface area contributed by atoms with Crippen LogP contribution in [0.5, 0.6) is 11.5 Å². The lowest BCUT2D eigenvalue weighted by molar-refractivity contribution is 0.0659. The van der Waals surface area contributed by atoms with Crippen molar-refractivity contribution < 1.29 is 13.9 Å². The molecule has 0 radical (unpaired) electrons. The van der Waals surface area contributed by atoms with Crippen LogP contribution in [0.15, 0.2) is 66.9 Å². The molecule has 1 fully saturated rings. The maximum Gasteiger partial charge on any atom is 0.253 e. The normalized spacial score (nSPS) is 14.9. The summed E-state index contributed by atoms with van der Waals surface area (Å²) in [6, 6.07) is 17.2. The minimum absolute atomic E-state index is 0.0227. The molecular weight excluding hydrogens is 393 g/mol. The van der Waals surface area contributed by atoms with E-state index >= 15 is 0 Å². The van der Waals surface area contributed by atoms with Crippen LogP contribution < -0.4 is 4.74 Å². The van der Waals surface area contributed by atoms with Gasteiger partial charge in [-0.05, 0) is 93.6 Å². The summed E-state index contributed by atoms with van der Waals surface area (Å²) < 4.78 is 18.8. The minimum Gasteiger partial charge on any atom is -0.457 e. The first-order valence-corrected chi connectivity index (χ1v) is 10.5. The van der Waals surface area contributed by atoms with E-state index in [1.54, 1.807) is 24.4 Å². The second-order valence-electron chi connectivity index (χ2n) is 7.96. The van der Waals surface area contributed by atoms with Gasteiger partial charge in [0, 0.05) is 30.4 Å². The second kappa shape index (κ2) is 9.27. The predicted molar refractivity (Wildman–Crippen MR) is 119 cm³/mol. The fraction of sp³-hybridized carbons (Fsp3) is 0.280. The summed E-state index contributed by atoms with van der Waals surface area (Å²) in [5, 5.41) is 0. The highest BCUT2D eigenvalue weighted by Crippen LogP contribution is 2.26. The number of benzene rings is 2. The minimum atomic E-state index is -0.301. The number of ether oxygens (including phenoxy) is 1. The molecule has 1 saturated heterocycles. The van der Waals surface area contributed by atoms with Crippen molar-refractivity contribution in [2.75, 3.05) is 27.2 Å². The maximum absolute atomic E-state index is 13.0. The zero-order valence-corrected chi connectivity index (χ0v) is 17.8. The van der Waals surface area contributed by atoms with Crippen molar-refractivity contribution in [3.63, 3.8) is 0 Å². The molecule has 0 atom stereocenters. The molecule has 6 heteroatoms. The molecule has 2 aromatic carbocycles. The number of aromatic nitrogens is 1. The Balaban J connectivity index is 1.46. The molecule has 0 unspecified atom stereocenters. The Hall–Kier alpha value is -3.25. The maximum atomic E-state index is 13.0. The Morgan fingerprint density at radius 3 is 2.29 bits per heavy atom. The van der Waals surface area contributed by atoms with Gasteiger partial charge in [-0.2, -0.15) is 0 Å². The van der Waals surface area contributed by atoms with Crippen LogP contribution in [0.3, 0.4) is 0 Å². The van der Waals surface area contributed by atoms with Crippen molar-refractivity contribution in [3.8, 4) is 22.8 Å². The van der Waals surface area contributed by atoms with E-state index in [1.165, 1.54) is 12.1 Å². The van der Waals surface area contributed by atoms with Gasteiger partial charge in [0.05, 0.1) is 5.69 Å². The van der Waals surface area contributed by atoms with Crippen molar-refractivity contribution in [1.82, 2.24) is 14.8 Å². The van der Waals surface area contributed by atoms with Crippen molar-refractivity contribution in [3.05, 3.63) is 78.2 Å². The average Bonchev–Trinajstić information content (AvgIpc) is 2.81. The molecule has 3 aromatic rings. The highest BCUT2D eigenvalue weighted by atomic mass is 19.1. The summed E-state index contributed by atoms with van der Waals surface area (Å²) >= 11 is 0. The molecule has 0 N–H and O–H groups in total. The fourth-order valence-electron chi connectivity index (χ4n) is 3.81. The fourth-order valence-corrected chi connectivity index (χ4v) is 3.81. The third kappa shape index (κ3) is 5.09. The SMILES string of the molecule is CN1CCC(N(C)C(=O)c2ccnc(-c3ccc(Oc4ccc(F)cc4)cc3)c2)CC1. The smallest absolute Gasteiger partial charge is 0.253 e. The summed E-state index contributed by atoms with van der Waals surface area (Å²) in [5.74, 6) is 0.931. The number of piperidine rings is 1. The van der Waals surface area contributed by atoms with Crippen LogP contribution in [-0.4, -0.2) is 53.9 Å². The van der Waals surface area contributed by atoms with E-state index in [2.05, 4.69) is 16.9 Å². The summed E-state index contributed by atoms with van der Waals surface area (Å²) in [6.45, 7) is 2.02. The molecule has 160 valence electrons. The van der Waals surface area contributed by atoms with Gasteiger partial charge < -0.3 is 14.5 Å². The molecule has 1 aliphatic heterocycles. The highest BCUT2D eigenvalue weighted by molar-refractivity contribution is 5.95. The Morgan fingerprint density at radius 1 is 1.03 bits per heavy atom. The summed E-state index contributed by atoms with van der Waals surface area (Å²) in [4.78, 5) is 21.6. The average molecular weight is 420 g/mol. The van der Waals surface area contributed by atoms with Gasteiger partial charge in [-0.3, -0.25) is 9.78 Å². The number of likely N-dealkylation sites (tertiary alicyclic amines) is 1. The zero-order valence-electron chi connectivity index (χ0n) is 17.8. The van der Waals surface area contributed by atoms with Gasteiger partial charge >= 0.3 is 0 Å². The third-order valence-electron chi connectivity index (χ3n) is 5.76. The number of carbonyl (C=O) groups excluding carboxylic acids is 1. The molecule has 31 heavy (non-hydrogen) atoms. The van der Waals surface area contributed by atoms with E-state index in [0.717, 1.165) is 37.2 Å². The quantitative estimate of drug-likeness (QED) is 0.593. The topological polar surface area (TPSA) is 45.7 Å². The van der Waals surface area contributed by atoms with Crippen molar-refractivity contribution in [2.45, 2.75) is 18.9 Å². The van der Waals surface area contributed by atoms with Gasteiger partial charge in [-0.25, -0.2) is 4.39 Å². The van der Waals surface area contributed by atoms with E-state index in [0.29, 0.717) is 17.1 Å². The van der Waals surface area contributed by atoms with Crippen LogP contribution in [0, 0.1) is 5.82 Å². The second-order valence-corrected chi connectivity index (χ2v) is 7.96. The molecule has 4 rings (SSSR count). The van der Waals surface area contributed by atoms with E-state index in [9.17, 15) is 9.18 Å². The largest absolute Gasteiger partial charge is 0.457 e. The molecule has 0 saturated carbocycles. The first-order valence-electron chi connectivity index (χ1n) is 10.5. The van der Waals surface area contributed by atoms with Crippen LogP contribution in [0.4, 0.5) is 4.39 Å². The molecule has 0 spiro atoms. The molecule has 2 heterocycles. The van der Waals surface area contributed by atoms with Gasteiger partial charge in [0.1, 0.15) is 17.3 Å². The number of pyridine rings is 1. The van der Waals surface area contributed by atoms with Gasteiger partial charge in [-0.15, -0.1) is 0 Å². The number of amides is 1. The van der Waals surface area contributed by atoms with Gasteiger partial charge in [-0.1, -0.05) is 0 Å². The number of hydrogen-bond donors (Lipinski definition) is 0. The number of hydrogen-bond acceptors (Lipinski definition) is 4. The van der Waals surface area contributed by atoms with E-state index in [4.69, 9.17) is 4.74 Å². The molecule has 1 aromatic heterocycles. The molecular formula is C25H26FN3O2. The first kappa shape index (κ1) is 21.0. The summed E-state index contributed by atoms with van der Waals surface area (Å²) in [7, 11) is 4.00. The monoisotopic (exact) mass is 419 g/mol. The van der Waals surface area contributed by atoms with Crippen LogP contribution >= 0.6 is 0 Å². The van der Waals surface area contributed by atoms with Crippen molar-refractivity contribution >= 4 is 5.91 Å². The van der Waals surface area contributed by atoms with E-state index < -0.39 is 0 Å². The van der Waals surface area contributed by atoms with E-state index in [1.807, 2.05) is 42.3 Å². The molecule has 5 nitrogen and oxygen atoms in total. The van der Waals surface area contributed by atoms with Gasteiger partial charge in [0.15, 0.2) is 0 Å². The molecule has 1 amide bonds. The van der Waals surface area contributed by atoms with E-state index in [-0.39, 0.29) is 17.8 Å². The lowest BCUT2D eigenvalue weighted by Crippen LogP contribution is -2.44. The Labute approximate surface area is 182 Å². The predicted octanol–water partition coefficient (Wildman–Crippen LogP) is 4.85. The standard InChI is InChI=1S/C25H26FN3O2/c1-28-15-12-21(13-16-28)29(2)25(30)19-11-14-27-24(17-19)18-3-7-22(8-4-18)31-23-9-5-20(26)6-10-23/h3-11,14,17,21H,12-13,15-16H2,1-2H3. The number of rotatable bonds is 5. The van der Waals surface area contributed by atoms with Crippen LogP contribution in [0.25, 0.3) is 11.3 Å². The lowest BCUT2D eigenvalue weighted by Gasteiger charge is -2.35. The molecule has 1 aliphatic rings. The van der Waals surface area contributed by atoms with Crippen molar-refractivity contribution in [1.29, 1.82) is 0 Å². The zero-order chi connectivity index (χ0) is 21.8. The number of halogens is 1. The van der Waals surface area contributed by atoms with Crippen molar-refractivity contribution in [2.24, 2.45) is 0 Å². The van der Waals surface area contributed by atoms with Crippen LogP contribution in [0.2, 0.25) is 0 Å². The highest BCUT2D eigenvalue weighted by Gasteiger charge is 2.25. The first-order chi connectivity index (χ1) is 15.0. The summed E-state index contributed by atoms with van der Waals surface area (Å²) in [5.41, 5.74) is 2.26. The van der Waals surface area contributed by atoms with Crippen LogP contribution in [-0.2, 0) is 0 Å². The number of carbonyl (C=O) groups is 1. The number of nitrogens with zero attached hydrogens (tertiary/aromatic N) is 3. The molecule has 0 bridgehead atoms. The van der Waals surface area contributed by atoms with Crippen LogP contribution in [0.1, 0.15) is 23.2 Å². The van der Waals surface area contributed by atoms with Gasteiger partial charge in [0.25, 0.3) is 5.91 Å². The Bertz CT molecular complexity index is 1030. The lowest BCUT2D eigenvalue weighted by atomic mass is 10.0.